The number of amidine groups is 1. The first-order chi connectivity index (χ1) is 17.9. The van der Waals surface area contributed by atoms with Gasteiger partial charge in [0, 0.05) is 31.4 Å². The summed E-state index contributed by atoms with van der Waals surface area (Å²) in [5, 5.41) is 0. The molecular weight excluding hydrogens is 458 g/mol. The highest BCUT2D eigenvalue weighted by Gasteiger charge is 2.44. The Morgan fingerprint density at radius 3 is 1.86 bits per heavy atom. The summed E-state index contributed by atoms with van der Waals surface area (Å²) in [7, 11) is 5.47. The second-order valence-corrected chi connectivity index (χ2v) is 9.30. The maximum Gasteiger partial charge on any atom is 0.122 e. The van der Waals surface area contributed by atoms with Crippen LogP contribution in [0.2, 0.25) is 0 Å². The third kappa shape index (κ3) is 4.99. The Morgan fingerprint density at radius 1 is 0.865 bits per heavy atom. The van der Waals surface area contributed by atoms with Gasteiger partial charge in [-0.2, -0.15) is 0 Å². The maximum absolute atomic E-state index is 5.52. The van der Waals surface area contributed by atoms with E-state index >= 15 is 0 Å². The van der Waals surface area contributed by atoms with E-state index in [0.717, 1.165) is 46.1 Å². The summed E-state index contributed by atoms with van der Waals surface area (Å²) in [6, 6.07) is 27.5. The molecule has 0 spiro atoms. The summed E-state index contributed by atoms with van der Waals surface area (Å²) in [5.41, 5.74) is 3.39. The summed E-state index contributed by atoms with van der Waals surface area (Å²) in [6.07, 6.45) is 4.95. The molecule has 37 heavy (non-hydrogen) atoms. The second-order valence-electron chi connectivity index (χ2n) is 9.30. The molecule has 0 N–H and O–H groups in total. The van der Waals surface area contributed by atoms with Gasteiger partial charge in [-0.05, 0) is 54.0 Å². The molecule has 3 aromatic carbocycles. The largest absolute Gasteiger partial charge is 0.497 e. The van der Waals surface area contributed by atoms with Crippen molar-refractivity contribution in [1.29, 1.82) is 0 Å². The average molecular weight is 496 g/mol. The second kappa shape index (κ2) is 11.4. The summed E-state index contributed by atoms with van der Waals surface area (Å²) < 4.78 is 11.0. The number of benzene rings is 3. The molecule has 0 aliphatic carbocycles. The van der Waals surface area contributed by atoms with Gasteiger partial charge in [-0.25, -0.2) is 0 Å². The zero-order valence-corrected chi connectivity index (χ0v) is 22.5. The molecule has 4 rings (SSSR count). The van der Waals surface area contributed by atoms with Crippen molar-refractivity contribution in [2.24, 2.45) is 4.99 Å². The Balaban J connectivity index is 2.12. The molecule has 1 unspecified atom stereocenters. The van der Waals surface area contributed by atoms with E-state index in [1.807, 2.05) is 24.3 Å². The standard InChI is InChI=1S/C32H37N3O2/c1-7-31-33-23-25(3)34(4)22-21-24(2)35(31)32(26-11-9-8-10-12-26,27-13-17-29(36-5)18-14-27)28-15-19-30(37-6)20-16-28/h8-22,25H,2,7,23H2,1,3-6H3/b22-21-,33-31+. The molecule has 1 aliphatic rings. The molecular formula is C32H37N3O2. The zero-order chi connectivity index (χ0) is 26.4. The van der Waals surface area contributed by atoms with Gasteiger partial charge in [0.15, 0.2) is 0 Å². The number of aliphatic imine (C=N–C) groups is 1. The van der Waals surface area contributed by atoms with Crippen LogP contribution in [0.4, 0.5) is 0 Å². The van der Waals surface area contributed by atoms with E-state index in [-0.39, 0.29) is 6.04 Å². The van der Waals surface area contributed by atoms with Gasteiger partial charge in [-0.1, -0.05) is 68.1 Å². The predicted octanol–water partition coefficient (Wildman–Crippen LogP) is 6.47. The Morgan fingerprint density at radius 2 is 1.38 bits per heavy atom. The highest BCUT2D eigenvalue weighted by molar-refractivity contribution is 5.87. The number of rotatable bonds is 7. The van der Waals surface area contributed by atoms with Gasteiger partial charge in [0.05, 0.1) is 20.8 Å². The minimum absolute atomic E-state index is 0.263. The highest BCUT2D eigenvalue weighted by Crippen LogP contribution is 2.46. The monoisotopic (exact) mass is 495 g/mol. The van der Waals surface area contributed by atoms with Crippen LogP contribution >= 0.6 is 0 Å². The van der Waals surface area contributed by atoms with Gasteiger partial charge in [0.1, 0.15) is 22.9 Å². The van der Waals surface area contributed by atoms with E-state index in [2.05, 4.69) is 104 Å². The first-order valence-corrected chi connectivity index (χ1v) is 12.7. The van der Waals surface area contributed by atoms with E-state index in [9.17, 15) is 0 Å². The average Bonchev–Trinajstić information content (AvgIpc) is 3.00. The van der Waals surface area contributed by atoms with E-state index in [1.165, 1.54) is 0 Å². The Bertz CT molecular complexity index is 1200. The SMILES string of the molecule is C=C1/C=C\N(C)C(C)C/N=C(\CC)N1C(c1ccccc1)(c1ccc(OC)cc1)c1ccc(OC)cc1. The molecule has 0 saturated carbocycles. The number of methoxy groups -OCH3 is 2. The van der Waals surface area contributed by atoms with Crippen LogP contribution in [0.5, 0.6) is 11.5 Å². The number of hydrogen-bond donors (Lipinski definition) is 0. The number of ether oxygens (including phenoxy) is 2. The molecule has 3 aromatic rings. The van der Waals surface area contributed by atoms with E-state index < -0.39 is 5.54 Å². The summed E-state index contributed by atoms with van der Waals surface area (Å²) in [5.74, 6) is 2.60. The van der Waals surface area contributed by atoms with Crippen LogP contribution in [-0.4, -0.2) is 49.5 Å². The van der Waals surface area contributed by atoms with Crippen molar-refractivity contribution < 1.29 is 9.47 Å². The lowest BCUT2D eigenvalue weighted by molar-refractivity contribution is 0.326. The fourth-order valence-electron chi connectivity index (χ4n) is 4.94. The van der Waals surface area contributed by atoms with Crippen molar-refractivity contribution in [1.82, 2.24) is 9.80 Å². The molecule has 192 valence electrons. The lowest BCUT2D eigenvalue weighted by atomic mass is 9.74. The van der Waals surface area contributed by atoms with E-state index in [1.54, 1.807) is 14.2 Å². The van der Waals surface area contributed by atoms with Crippen molar-refractivity contribution in [2.45, 2.75) is 31.8 Å². The van der Waals surface area contributed by atoms with Crippen LogP contribution < -0.4 is 9.47 Å². The zero-order valence-electron chi connectivity index (χ0n) is 22.5. The molecule has 0 radical (unpaired) electrons. The molecule has 1 aliphatic heterocycles. The summed E-state index contributed by atoms with van der Waals surface area (Å²) in [4.78, 5) is 9.69. The van der Waals surface area contributed by atoms with E-state index in [0.29, 0.717) is 6.54 Å². The van der Waals surface area contributed by atoms with Gasteiger partial charge in [-0.3, -0.25) is 4.99 Å². The third-order valence-corrected chi connectivity index (χ3v) is 7.14. The highest BCUT2D eigenvalue weighted by atomic mass is 16.5. The third-order valence-electron chi connectivity index (χ3n) is 7.14. The van der Waals surface area contributed by atoms with Gasteiger partial charge in [-0.15, -0.1) is 0 Å². The Hall–Kier alpha value is -3.99. The van der Waals surface area contributed by atoms with Crippen LogP contribution in [-0.2, 0) is 5.54 Å². The Labute approximate surface area is 221 Å². The number of likely N-dealkylation sites (N-methyl/N-ethyl adjacent to an activating group) is 1. The quantitative estimate of drug-likeness (QED) is 0.352. The molecule has 5 heteroatoms. The lowest BCUT2D eigenvalue weighted by Gasteiger charge is -2.47. The van der Waals surface area contributed by atoms with Crippen molar-refractivity contribution in [3.8, 4) is 11.5 Å². The van der Waals surface area contributed by atoms with Crippen LogP contribution in [0, 0.1) is 0 Å². The van der Waals surface area contributed by atoms with Crippen LogP contribution in [0.1, 0.15) is 37.0 Å². The van der Waals surface area contributed by atoms with Crippen molar-refractivity contribution in [3.05, 3.63) is 120 Å². The minimum Gasteiger partial charge on any atom is -0.497 e. The topological polar surface area (TPSA) is 37.3 Å². The summed E-state index contributed by atoms with van der Waals surface area (Å²) >= 11 is 0. The van der Waals surface area contributed by atoms with Gasteiger partial charge < -0.3 is 19.3 Å². The maximum atomic E-state index is 5.52. The van der Waals surface area contributed by atoms with Crippen molar-refractivity contribution in [2.75, 3.05) is 27.8 Å². The smallest absolute Gasteiger partial charge is 0.122 e. The summed E-state index contributed by atoms with van der Waals surface area (Å²) in [6.45, 7) is 9.62. The molecule has 0 amide bonds. The first-order valence-electron chi connectivity index (χ1n) is 12.7. The van der Waals surface area contributed by atoms with Gasteiger partial charge >= 0.3 is 0 Å². The molecule has 0 bridgehead atoms. The van der Waals surface area contributed by atoms with Crippen LogP contribution in [0.25, 0.3) is 0 Å². The van der Waals surface area contributed by atoms with Crippen molar-refractivity contribution >= 4 is 5.84 Å². The first kappa shape index (κ1) is 26.1. The molecule has 1 heterocycles. The molecule has 0 aromatic heterocycles. The van der Waals surface area contributed by atoms with Crippen molar-refractivity contribution in [3.63, 3.8) is 0 Å². The minimum atomic E-state index is -0.748. The normalized spacial score (nSPS) is 18.8. The van der Waals surface area contributed by atoms with E-state index in [4.69, 9.17) is 14.5 Å². The van der Waals surface area contributed by atoms with Gasteiger partial charge in [0.25, 0.3) is 0 Å². The number of hydrogen-bond acceptors (Lipinski definition) is 5. The number of allylic oxidation sites excluding steroid dienone is 1. The molecule has 0 saturated heterocycles. The lowest BCUT2D eigenvalue weighted by Crippen LogP contribution is -2.50. The fraction of sp³-hybridized carbons (Fsp3) is 0.281. The van der Waals surface area contributed by atoms with Crippen LogP contribution in [0.15, 0.2) is 108 Å². The molecule has 0 fully saturated rings. The fourth-order valence-corrected chi connectivity index (χ4v) is 4.94. The van der Waals surface area contributed by atoms with Crippen LogP contribution in [0.3, 0.4) is 0 Å². The van der Waals surface area contributed by atoms with Gasteiger partial charge in [0.2, 0.25) is 0 Å². The molecule has 5 nitrogen and oxygen atoms in total. The predicted molar refractivity (Wildman–Crippen MR) is 152 cm³/mol. The number of nitrogens with zero attached hydrogens (tertiary/aromatic N) is 3. The Kier molecular flexibility index (Phi) is 8.02. The molecule has 1 atom stereocenters.